The first-order valence-corrected chi connectivity index (χ1v) is 8.89. The van der Waals surface area contributed by atoms with E-state index in [-0.39, 0.29) is 18.5 Å². The second-order valence-corrected chi connectivity index (χ2v) is 6.96. The molecule has 6 nitrogen and oxygen atoms in total. The molecule has 0 fully saturated rings. The molecule has 1 aliphatic heterocycles. The van der Waals surface area contributed by atoms with Gasteiger partial charge in [0.1, 0.15) is 12.4 Å². The maximum absolute atomic E-state index is 13.2. The zero-order valence-corrected chi connectivity index (χ0v) is 15.4. The number of aromatic nitrogens is 4. The Kier molecular flexibility index (Phi) is 4.11. The molecule has 4 rings (SSSR count). The first-order chi connectivity index (χ1) is 12.5. The molecule has 6 heteroatoms. The molecule has 3 heterocycles. The lowest BCUT2D eigenvalue weighted by molar-refractivity contribution is -0.136. The van der Waals surface area contributed by atoms with Gasteiger partial charge < -0.3 is 9.47 Å². The zero-order chi connectivity index (χ0) is 18.3. The Morgan fingerprint density at radius 2 is 1.92 bits per heavy atom. The summed E-state index contributed by atoms with van der Waals surface area (Å²) in [6.07, 6.45) is 1.88. The SMILES string of the molecule is Cc1cc(C)n(CC(=O)N2Cc3ncc(C)n3CC2c2ccccc2)n1. The van der Waals surface area contributed by atoms with Crippen LogP contribution in [0.25, 0.3) is 0 Å². The lowest BCUT2D eigenvalue weighted by atomic mass is 10.0. The smallest absolute Gasteiger partial charge is 0.245 e. The minimum atomic E-state index is 0.000986. The number of imidazole rings is 1. The summed E-state index contributed by atoms with van der Waals surface area (Å²) in [6, 6.07) is 12.2. The van der Waals surface area contributed by atoms with Crippen molar-refractivity contribution in [1.29, 1.82) is 0 Å². The average molecular weight is 349 g/mol. The van der Waals surface area contributed by atoms with Gasteiger partial charge in [0.15, 0.2) is 0 Å². The van der Waals surface area contributed by atoms with Crippen molar-refractivity contribution in [2.75, 3.05) is 0 Å². The highest BCUT2D eigenvalue weighted by Gasteiger charge is 2.32. The van der Waals surface area contributed by atoms with Crippen LogP contribution < -0.4 is 0 Å². The van der Waals surface area contributed by atoms with E-state index in [2.05, 4.69) is 33.7 Å². The van der Waals surface area contributed by atoms with E-state index in [0.717, 1.165) is 35.0 Å². The van der Waals surface area contributed by atoms with Gasteiger partial charge in [-0.3, -0.25) is 9.48 Å². The summed E-state index contributed by atoms with van der Waals surface area (Å²) in [5.41, 5.74) is 4.21. The van der Waals surface area contributed by atoms with Gasteiger partial charge in [-0.15, -0.1) is 0 Å². The quantitative estimate of drug-likeness (QED) is 0.731. The summed E-state index contributed by atoms with van der Waals surface area (Å²) in [6.45, 7) is 7.49. The van der Waals surface area contributed by atoms with E-state index >= 15 is 0 Å². The molecule has 1 aliphatic rings. The molecule has 26 heavy (non-hydrogen) atoms. The van der Waals surface area contributed by atoms with Crippen molar-refractivity contribution in [2.45, 2.75) is 46.4 Å². The molecular weight excluding hydrogens is 326 g/mol. The minimum Gasteiger partial charge on any atom is -0.328 e. The molecule has 1 aromatic carbocycles. The third kappa shape index (κ3) is 2.92. The number of carbonyl (C=O) groups is 1. The fourth-order valence-corrected chi connectivity index (χ4v) is 3.70. The van der Waals surface area contributed by atoms with E-state index in [1.807, 2.05) is 49.2 Å². The topological polar surface area (TPSA) is 56.0 Å². The Morgan fingerprint density at radius 3 is 2.62 bits per heavy atom. The van der Waals surface area contributed by atoms with Crippen molar-refractivity contribution in [3.63, 3.8) is 0 Å². The Bertz CT molecular complexity index is 941. The maximum Gasteiger partial charge on any atom is 0.245 e. The van der Waals surface area contributed by atoms with Gasteiger partial charge in [-0.25, -0.2) is 4.98 Å². The Morgan fingerprint density at radius 1 is 1.15 bits per heavy atom. The molecular formula is C20H23N5O. The molecule has 0 spiro atoms. The van der Waals surface area contributed by atoms with E-state index in [1.54, 1.807) is 4.68 Å². The standard InChI is InChI=1S/C20H23N5O/c1-14-9-15(2)25(22-14)13-20(26)24-12-19-21-10-16(3)23(19)11-18(24)17-7-5-4-6-8-17/h4-10,18H,11-13H2,1-3H3. The third-order valence-corrected chi connectivity index (χ3v) is 5.07. The summed E-state index contributed by atoms with van der Waals surface area (Å²) < 4.78 is 4.00. The predicted octanol–water partition coefficient (Wildman–Crippen LogP) is 2.79. The van der Waals surface area contributed by atoms with Crippen LogP contribution in [0.4, 0.5) is 0 Å². The first kappa shape index (κ1) is 16.6. The predicted molar refractivity (Wildman–Crippen MR) is 98.4 cm³/mol. The molecule has 0 N–H and O–H groups in total. The van der Waals surface area contributed by atoms with Gasteiger partial charge in [-0.2, -0.15) is 5.10 Å². The number of hydrogen-bond acceptors (Lipinski definition) is 3. The molecule has 0 radical (unpaired) electrons. The number of fused-ring (bicyclic) bond motifs is 1. The van der Waals surface area contributed by atoms with Crippen LogP contribution in [0.1, 0.15) is 34.5 Å². The lowest BCUT2D eigenvalue weighted by Gasteiger charge is -2.37. The Balaban J connectivity index is 1.67. The molecule has 3 aromatic rings. The second-order valence-electron chi connectivity index (χ2n) is 6.96. The van der Waals surface area contributed by atoms with Gasteiger partial charge in [0.2, 0.25) is 5.91 Å². The maximum atomic E-state index is 13.2. The van der Waals surface area contributed by atoms with Crippen molar-refractivity contribution in [2.24, 2.45) is 0 Å². The number of rotatable bonds is 3. The fourth-order valence-electron chi connectivity index (χ4n) is 3.70. The van der Waals surface area contributed by atoms with Gasteiger partial charge in [0, 0.05) is 24.1 Å². The van der Waals surface area contributed by atoms with Crippen LogP contribution >= 0.6 is 0 Å². The monoisotopic (exact) mass is 349 g/mol. The average Bonchev–Trinajstić information content (AvgIpc) is 3.16. The number of benzene rings is 1. The van der Waals surface area contributed by atoms with Crippen LogP contribution in [-0.2, 0) is 24.4 Å². The molecule has 0 aliphatic carbocycles. The first-order valence-electron chi connectivity index (χ1n) is 8.89. The number of aryl methyl sites for hydroxylation is 3. The summed E-state index contributed by atoms with van der Waals surface area (Å²) in [4.78, 5) is 19.6. The Hall–Kier alpha value is -2.89. The summed E-state index contributed by atoms with van der Waals surface area (Å²) in [7, 11) is 0. The van der Waals surface area contributed by atoms with E-state index in [1.165, 1.54) is 0 Å². The molecule has 0 saturated heterocycles. The molecule has 2 aromatic heterocycles. The number of nitrogens with zero attached hydrogens (tertiary/aromatic N) is 5. The van der Waals surface area contributed by atoms with Crippen LogP contribution in [0.2, 0.25) is 0 Å². The van der Waals surface area contributed by atoms with Crippen molar-refractivity contribution in [1.82, 2.24) is 24.2 Å². The van der Waals surface area contributed by atoms with Crippen LogP contribution in [0.15, 0.2) is 42.6 Å². The van der Waals surface area contributed by atoms with Gasteiger partial charge in [-0.1, -0.05) is 30.3 Å². The Labute approximate surface area is 153 Å². The highest BCUT2D eigenvalue weighted by Crippen LogP contribution is 2.30. The van der Waals surface area contributed by atoms with Crippen LogP contribution in [0.5, 0.6) is 0 Å². The van der Waals surface area contributed by atoms with Gasteiger partial charge in [0.05, 0.1) is 18.3 Å². The third-order valence-electron chi connectivity index (χ3n) is 5.07. The molecule has 1 unspecified atom stereocenters. The van der Waals surface area contributed by atoms with E-state index in [9.17, 15) is 4.79 Å². The van der Waals surface area contributed by atoms with Crippen molar-refractivity contribution >= 4 is 5.91 Å². The van der Waals surface area contributed by atoms with Gasteiger partial charge >= 0.3 is 0 Å². The van der Waals surface area contributed by atoms with E-state index < -0.39 is 0 Å². The molecule has 1 atom stereocenters. The summed E-state index contributed by atoms with van der Waals surface area (Å²) in [5.74, 6) is 1.01. The number of hydrogen-bond donors (Lipinski definition) is 0. The molecule has 1 amide bonds. The van der Waals surface area contributed by atoms with Gasteiger partial charge in [0.25, 0.3) is 0 Å². The highest BCUT2D eigenvalue weighted by molar-refractivity contribution is 5.76. The fraction of sp³-hybridized carbons (Fsp3) is 0.350. The van der Waals surface area contributed by atoms with Crippen LogP contribution in [-0.4, -0.2) is 30.1 Å². The molecule has 0 bridgehead atoms. The van der Waals surface area contributed by atoms with E-state index in [4.69, 9.17) is 0 Å². The molecule has 134 valence electrons. The summed E-state index contributed by atoms with van der Waals surface area (Å²) >= 11 is 0. The lowest BCUT2D eigenvalue weighted by Crippen LogP contribution is -2.43. The van der Waals surface area contributed by atoms with E-state index in [0.29, 0.717) is 6.54 Å². The largest absolute Gasteiger partial charge is 0.328 e. The highest BCUT2D eigenvalue weighted by atomic mass is 16.2. The minimum absolute atomic E-state index is 0.000986. The number of carbonyl (C=O) groups excluding carboxylic acids is 1. The number of amides is 1. The molecule has 0 saturated carbocycles. The van der Waals surface area contributed by atoms with Crippen LogP contribution in [0, 0.1) is 20.8 Å². The second kappa shape index (κ2) is 6.44. The zero-order valence-electron chi connectivity index (χ0n) is 15.4. The van der Waals surface area contributed by atoms with Crippen molar-refractivity contribution in [3.05, 3.63) is 71.1 Å². The van der Waals surface area contributed by atoms with Crippen molar-refractivity contribution in [3.8, 4) is 0 Å². The van der Waals surface area contributed by atoms with Crippen LogP contribution in [0.3, 0.4) is 0 Å². The summed E-state index contributed by atoms with van der Waals surface area (Å²) in [5, 5.41) is 4.44. The van der Waals surface area contributed by atoms with Gasteiger partial charge in [-0.05, 0) is 32.4 Å². The normalized spacial score (nSPS) is 16.6. The van der Waals surface area contributed by atoms with Crippen molar-refractivity contribution < 1.29 is 4.79 Å².